The molecule has 1 aromatic rings. The van der Waals surface area contributed by atoms with E-state index in [2.05, 4.69) is 30.7 Å². The van der Waals surface area contributed by atoms with Crippen LogP contribution in [0.3, 0.4) is 0 Å². The molecular weight excluding hydrogens is 214 g/mol. The number of hydrogen-bond acceptors (Lipinski definition) is 4. The van der Waals surface area contributed by atoms with Crippen molar-refractivity contribution in [2.75, 3.05) is 20.1 Å². The normalized spacial score (nSPS) is 27.5. The Kier molecular flexibility index (Phi) is 3.86. The average molecular weight is 237 g/mol. The molecule has 0 radical (unpaired) electrons. The molecule has 0 saturated carbocycles. The molecule has 1 aliphatic heterocycles. The van der Waals surface area contributed by atoms with Gasteiger partial charge in [0.1, 0.15) is 11.5 Å². The molecule has 17 heavy (non-hydrogen) atoms. The second kappa shape index (κ2) is 5.21. The molecule has 2 heterocycles. The van der Waals surface area contributed by atoms with Crippen molar-refractivity contribution in [3.8, 4) is 0 Å². The van der Waals surface area contributed by atoms with Crippen LogP contribution in [0.25, 0.3) is 0 Å². The maximum Gasteiger partial charge on any atom is 0.118 e. The molecule has 1 saturated heterocycles. The molecule has 2 rings (SSSR count). The van der Waals surface area contributed by atoms with Gasteiger partial charge >= 0.3 is 0 Å². The third kappa shape index (κ3) is 2.89. The smallest absolute Gasteiger partial charge is 0.118 e. The topological polar surface area (TPSA) is 45.6 Å². The quantitative estimate of drug-likeness (QED) is 0.860. The van der Waals surface area contributed by atoms with E-state index in [0.717, 1.165) is 31.2 Å². The van der Waals surface area contributed by atoms with Crippen molar-refractivity contribution in [3.63, 3.8) is 0 Å². The Hall–Kier alpha value is -0.840. The molecule has 1 aromatic heterocycles. The van der Waals surface area contributed by atoms with Crippen molar-refractivity contribution in [2.45, 2.75) is 39.0 Å². The van der Waals surface area contributed by atoms with Gasteiger partial charge in [0.15, 0.2) is 0 Å². The van der Waals surface area contributed by atoms with Gasteiger partial charge in [-0.2, -0.15) is 0 Å². The van der Waals surface area contributed by atoms with Gasteiger partial charge in [-0.25, -0.2) is 0 Å². The SMILES string of the molecule is CC1CN(Cc2ccc(CN)o2)CC(C)N1C. The number of nitrogens with zero attached hydrogens (tertiary/aromatic N) is 2. The summed E-state index contributed by atoms with van der Waals surface area (Å²) in [5.74, 6) is 1.89. The Morgan fingerprint density at radius 1 is 1.24 bits per heavy atom. The van der Waals surface area contributed by atoms with E-state index in [1.165, 1.54) is 0 Å². The maximum atomic E-state index is 5.65. The lowest BCUT2D eigenvalue weighted by Crippen LogP contribution is -2.54. The molecule has 0 spiro atoms. The van der Waals surface area contributed by atoms with Crippen molar-refractivity contribution in [1.29, 1.82) is 0 Å². The minimum atomic E-state index is 0.482. The fourth-order valence-electron chi connectivity index (χ4n) is 2.48. The minimum absolute atomic E-state index is 0.482. The van der Waals surface area contributed by atoms with E-state index in [1.807, 2.05) is 12.1 Å². The van der Waals surface area contributed by atoms with E-state index in [1.54, 1.807) is 0 Å². The van der Waals surface area contributed by atoms with E-state index in [9.17, 15) is 0 Å². The van der Waals surface area contributed by atoms with Crippen LogP contribution in [0.4, 0.5) is 0 Å². The van der Waals surface area contributed by atoms with Gasteiger partial charge in [0.05, 0.1) is 13.1 Å². The summed E-state index contributed by atoms with van der Waals surface area (Å²) < 4.78 is 5.65. The molecule has 2 unspecified atom stereocenters. The molecule has 0 amide bonds. The first-order chi connectivity index (χ1) is 8.10. The summed E-state index contributed by atoms with van der Waals surface area (Å²) in [6.07, 6.45) is 0. The lowest BCUT2D eigenvalue weighted by Gasteiger charge is -2.42. The standard InChI is InChI=1S/C13H23N3O/c1-10-7-16(8-11(2)15(10)3)9-13-5-4-12(6-14)17-13/h4-5,10-11H,6-9,14H2,1-3H3. The van der Waals surface area contributed by atoms with E-state index < -0.39 is 0 Å². The van der Waals surface area contributed by atoms with Gasteiger partial charge in [0, 0.05) is 25.2 Å². The summed E-state index contributed by atoms with van der Waals surface area (Å²) in [5.41, 5.74) is 5.54. The molecule has 4 nitrogen and oxygen atoms in total. The van der Waals surface area contributed by atoms with Gasteiger partial charge in [-0.3, -0.25) is 9.80 Å². The zero-order chi connectivity index (χ0) is 12.4. The number of rotatable bonds is 3. The van der Waals surface area contributed by atoms with Gasteiger partial charge < -0.3 is 10.2 Å². The zero-order valence-electron chi connectivity index (χ0n) is 11.0. The monoisotopic (exact) mass is 237 g/mol. The third-order valence-electron chi connectivity index (χ3n) is 3.73. The fraction of sp³-hybridized carbons (Fsp3) is 0.692. The first-order valence-electron chi connectivity index (χ1n) is 6.32. The lowest BCUT2D eigenvalue weighted by molar-refractivity contribution is 0.0516. The highest BCUT2D eigenvalue weighted by Crippen LogP contribution is 2.17. The highest BCUT2D eigenvalue weighted by atomic mass is 16.3. The largest absolute Gasteiger partial charge is 0.463 e. The highest BCUT2D eigenvalue weighted by molar-refractivity contribution is 5.07. The minimum Gasteiger partial charge on any atom is -0.463 e. The van der Waals surface area contributed by atoms with E-state index in [4.69, 9.17) is 10.2 Å². The molecule has 2 atom stereocenters. The predicted octanol–water partition coefficient (Wildman–Crippen LogP) is 1.26. The van der Waals surface area contributed by atoms with Crippen LogP contribution in [0.5, 0.6) is 0 Å². The van der Waals surface area contributed by atoms with Crippen molar-refractivity contribution in [3.05, 3.63) is 23.7 Å². The molecule has 96 valence electrons. The van der Waals surface area contributed by atoms with Crippen molar-refractivity contribution < 1.29 is 4.42 Å². The predicted molar refractivity (Wildman–Crippen MR) is 68.6 cm³/mol. The average Bonchev–Trinajstić information content (AvgIpc) is 2.73. The van der Waals surface area contributed by atoms with E-state index >= 15 is 0 Å². The molecule has 0 bridgehead atoms. The first kappa shape index (κ1) is 12.6. The third-order valence-corrected chi connectivity index (χ3v) is 3.73. The molecule has 1 fully saturated rings. The number of piperazine rings is 1. The summed E-state index contributed by atoms with van der Waals surface area (Å²) in [5, 5.41) is 0. The van der Waals surface area contributed by atoms with Crippen LogP contribution in [0.1, 0.15) is 25.4 Å². The van der Waals surface area contributed by atoms with Gasteiger partial charge in [0.25, 0.3) is 0 Å². The van der Waals surface area contributed by atoms with E-state index in [0.29, 0.717) is 18.6 Å². The number of hydrogen-bond donors (Lipinski definition) is 1. The number of nitrogens with two attached hydrogens (primary N) is 1. The summed E-state index contributed by atoms with van der Waals surface area (Å²) in [6.45, 7) is 8.11. The van der Waals surface area contributed by atoms with Gasteiger partial charge in [-0.1, -0.05) is 0 Å². The van der Waals surface area contributed by atoms with Gasteiger partial charge in [-0.05, 0) is 33.0 Å². The zero-order valence-corrected chi connectivity index (χ0v) is 11.0. The molecule has 0 aromatic carbocycles. The Bertz CT molecular complexity index is 351. The first-order valence-corrected chi connectivity index (χ1v) is 6.32. The van der Waals surface area contributed by atoms with Gasteiger partial charge in [0.2, 0.25) is 0 Å². The van der Waals surface area contributed by atoms with Crippen LogP contribution in [-0.2, 0) is 13.1 Å². The Labute approximate surface area is 103 Å². The molecule has 1 aliphatic rings. The molecule has 2 N–H and O–H groups in total. The van der Waals surface area contributed by atoms with Gasteiger partial charge in [-0.15, -0.1) is 0 Å². The summed E-state index contributed by atoms with van der Waals surface area (Å²) in [6, 6.07) is 5.21. The molecular formula is C13H23N3O. The summed E-state index contributed by atoms with van der Waals surface area (Å²) >= 11 is 0. The summed E-state index contributed by atoms with van der Waals surface area (Å²) in [7, 11) is 2.20. The Morgan fingerprint density at radius 3 is 2.35 bits per heavy atom. The Balaban J connectivity index is 1.95. The summed E-state index contributed by atoms with van der Waals surface area (Å²) in [4.78, 5) is 4.89. The van der Waals surface area contributed by atoms with Crippen LogP contribution < -0.4 is 5.73 Å². The van der Waals surface area contributed by atoms with Crippen LogP contribution in [0.15, 0.2) is 16.5 Å². The van der Waals surface area contributed by atoms with Crippen molar-refractivity contribution in [2.24, 2.45) is 5.73 Å². The second-order valence-corrected chi connectivity index (χ2v) is 5.13. The van der Waals surface area contributed by atoms with E-state index in [-0.39, 0.29) is 0 Å². The highest BCUT2D eigenvalue weighted by Gasteiger charge is 2.26. The van der Waals surface area contributed by atoms with Crippen LogP contribution in [0, 0.1) is 0 Å². The lowest BCUT2D eigenvalue weighted by atomic mass is 10.1. The van der Waals surface area contributed by atoms with Crippen LogP contribution in [0.2, 0.25) is 0 Å². The maximum absolute atomic E-state index is 5.65. The molecule has 0 aliphatic carbocycles. The fourth-order valence-corrected chi connectivity index (χ4v) is 2.48. The second-order valence-electron chi connectivity index (χ2n) is 5.13. The van der Waals surface area contributed by atoms with Crippen molar-refractivity contribution >= 4 is 0 Å². The van der Waals surface area contributed by atoms with Crippen LogP contribution in [-0.4, -0.2) is 42.0 Å². The number of likely N-dealkylation sites (N-methyl/N-ethyl adjacent to an activating group) is 1. The number of furan rings is 1. The Morgan fingerprint density at radius 2 is 1.82 bits per heavy atom. The van der Waals surface area contributed by atoms with Crippen LogP contribution >= 0.6 is 0 Å². The molecule has 4 heteroatoms. The van der Waals surface area contributed by atoms with Crippen molar-refractivity contribution in [1.82, 2.24) is 9.80 Å².